The van der Waals surface area contributed by atoms with E-state index in [-0.39, 0.29) is 12.5 Å². The van der Waals surface area contributed by atoms with E-state index >= 15 is 0 Å². The van der Waals surface area contributed by atoms with Crippen molar-refractivity contribution in [1.82, 2.24) is 20.5 Å². The number of rotatable bonds is 7. The highest BCUT2D eigenvalue weighted by atomic mass is 32.1. The van der Waals surface area contributed by atoms with Gasteiger partial charge in [-0.3, -0.25) is 4.79 Å². The second kappa shape index (κ2) is 9.50. The number of guanidine groups is 1. The van der Waals surface area contributed by atoms with Crippen LogP contribution in [0.25, 0.3) is 0 Å². The molecule has 7 heteroatoms. The number of nitrogens with zero attached hydrogens (tertiary/aromatic N) is 3. The number of likely N-dealkylation sites (N-methyl/N-ethyl adjacent to an activating group) is 1. The highest BCUT2D eigenvalue weighted by Gasteiger charge is 2.12. The molecular weight excluding hydrogens is 310 g/mol. The highest BCUT2D eigenvalue weighted by Crippen LogP contribution is 2.20. The van der Waals surface area contributed by atoms with E-state index in [9.17, 15) is 4.79 Å². The normalized spacial score (nSPS) is 14.3. The molecule has 1 rings (SSSR count). The van der Waals surface area contributed by atoms with Crippen LogP contribution in [0.15, 0.2) is 11.2 Å². The standard InChI is InChI=1S/C16H29N5OS/c1-7-12(3)20-16(19-10-14(22)21(5)6)18-8-11(2)15-17-9-13(4)23-15/h9,11-12H,7-8,10H2,1-6H3,(H2,18,19,20). The summed E-state index contributed by atoms with van der Waals surface area (Å²) in [5.41, 5.74) is 0. The van der Waals surface area contributed by atoms with Crippen molar-refractivity contribution in [2.75, 3.05) is 27.2 Å². The van der Waals surface area contributed by atoms with E-state index in [0.29, 0.717) is 17.9 Å². The van der Waals surface area contributed by atoms with E-state index in [1.807, 2.05) is 6.20 Å². The predicted molar refractivity (Wildman–Crippen MR) is 97.2 cm³/mol. The largest absolute Gasteiger partial charge is 0.356 e. The fourth-order valence-corrected chi connectivity index (χ4v) is 2.54. The van der Waals surface area contributed by atoms with Crippen LogP contribution in [0, 0.1) is 6.92 Å². The second-order valence-corrected chi connectivity index (χ2v) is 7.26. The topological polar surface area (TPSA) is 69.6 Å². The summed E-state index contributed by atoms with van der Waals surface area (Å²) in [6.45, 7) is 9.28. The molecule has 1 heterocycles. The lowest BCUT2D eigenvalue weighted by Gasteiger charge is -2.19. The average molecular weight is 340 g/mol. The maximum atomic E-state index is 11.7. The fraction of sp³-hybridized carbons (Fsp3) is 0.688. The molecule has 0 aliphatic rings. The minimum Gasteiger partial charge on any atom is -0.356 e. The first-order chi connectivity index (χ1) is 10.8. The highest BCUT2D eigenvalue weighted by molar-refractivity contribution is 7.11. The molecule has 0 saturated heterocycles. The van der Waals surface area contributed by atoms with Gasteiger partial charge in [-0.15, -0.1) is 11.3 Å². The summed E-state index contributed by atoms with van der Waals surface area (Å²) in [6.07, 6.45) is 2.89. The molecule has 1 amide bonds. The number of amides is 1. The third-order valence-corrected chi connectivity index (χ3v) is 4.65. The van der Waals surface area contributed by atoms with Crippen molar-refractivity contribution in [3.05, 3.63) is 16.1 Å². The van der Waals surface area contributed by atoms with E-state index in [1.54, 1.807) is 30.3 Å². The molecule has 0 radical (unpaired) electrons. The Kier molecular flexibility index (Phi) is 8.02. The smallest absolute Gasteiger partial charge is 0.243 e. The Hall–Kier alpha value is -1.63. The minimum atomic E-state index is -0.0150. The van der Waals surface area contributed by atoms with Gasteiger partial charge in [0, 0.05) is 43.7 Å². The molecular formula is C16H29N5OS. The van der Waals surface area contributed by atoms with E-state index in [2.05, 4.69) is 48.3 Å². The van der Waals surface area contributed by atoms with Gasteiger partial charge in [0.05, 0.1) is 5.01 Å². The molecule has 2 atom stereocenters. The first-order valence-electron chi connectivity index (χ1n) is 8.00. The van der Waals surface area contributed by atoms with Crippen molar-refractivity contribution >= 4 is 23.2 Å². The Bertz CT molecular complexity index is 526. The number of hydrogen-bond acceptors (Lipinski definition) is 4. The molecule has 23 heavy (non-hydrogen) atoms. The third kappa shape index (κ3) is 6.99. The van der Waals surface area contributed by atoms with Gasteiger partial charge in [0.25, 0.3) is 0 Å². The predicted octanol–water partition coefficient (Wildman–Crippen LogP) is 1.98. The van der Waals surface area contributed by atoms with E-state index in [0.717, 1.165) is 18.0 Å². The van der Waals surface area contributed by atoms with Gasteiger partial charge in [-0.25, -0.2) is 9.98 Å². The van der Waals surface area contributed by atoms with Crippen LogP contribution in [0.4, 0.5) is 0 Å². The Morgan fingerprint density at radius 1 is 1.43 bits per heavy atom. The van der Waals surface area contributed by atoms with Crippen LogP contribution in [-0.4, -0.2) is 55.0 Å². The Morgan fingerprint density at radius 2 is 2.13 bits per heavy atom. The molecule has 0 aliphatic heterocycles. The molecule has 0 saturated carbocycles. The third-order valence-electron chi connectivity index (χ3n) is 3.50. The van der Waals surface area contributed by atoms with Crippen molar-refractivity contribution in [2.24, 2.45) is 4.99 Å². The molecule has 0 bridgehead atoms. The first kappa shape index (κ1) is 19.4. The lowest BCUT2D eigenvalue weighted by molar-refractivity contribution is -0.127. The number of carbonyl (C=O) groups is 1. The van der Waals surface area contributed by atoms with Gasteiger partial charge in [-0.2, -0.15) is 0 Å². The molecule has 2 N–H and O–H groups in total. The average Bonchev–Trinajstić information content (AvgIpc) is 2.95. The summed E-state index contributed by atoms with van der Waals surface area (Å²) in [5.74, 6) is 0.954. The van der Waals surface area contributed by atoms with Crippen molar-refractivity contribution in [1.29, 1.82) is 0 Å². The number of hydrogen-bond donors (Lipinski definition) is 2. The quantitative estimate of drug-likeness (QED) is 0.589. The van der Waals surface area contributed by atoms with Crippen LogP contribution >= 0.6 is 11.3 Å². The summed E-state index contributed by atoms with van der Waals surface area (Å²) < 4.78 is 0. The van der Waals surface area contributed by atoms with E-state index in [4.69, 9.17) is 0 Å². The molecule has 6 nitrogen and oxygen atoms in total. The number of carbonyl (C=O) groups excluding carboxylic acids is 1. The molecule has 1 aromatic rings. The van der Waals surface area contributed by atoms with Gasteiger partial charge >= 0.3 is 0 Å². The molecule has 1 aromatic heterocycles. The van der Waals surface area contributed by atoms with Crippen LogP contribution in [0.5, 0.6) is 0 Å². The van der Waals surface area contributed by atoms with Gasteiger partial charge in [0.2, 0.25) is 5.91 Å². The monoisotopic (exact) mass is 339 g/mol. The van der Waals surface area contributed by atoms with Crippen LogP contribution in [-0.2, 0) is 4.79 Å². The van der Waals surface area contributed by atoms with Crippen molar-refractivity contribution in [3.8, 4) is 0 Å². The zero-order valence-electron chi connectivity index (χ0n) is 15.0. The van der Waals surface area contributed by atoms with E-state index in [1.165, 1.54) is 4.88 Å². The van der Waals surface area contributed by atoms with Crippen molar-refractivity contribution in [3.63, 3.8) is 0 Å². The summed E-state index contributed by atoms with van der Waals surface area (Å²) >= 11 is 1.72. The Labute approximate surface area is 143 Å². The minimum absolute atomic E-state index is 0.0150. The summed E-state index contributed by atoms with van der Waals surface area (Å²) in [6, 6.07) is 0.299. The molecule has 0 aliphatic carbocycles. The Morgan fingerprint density at radius 3 is 2.65 bits per heavy atom. The SMILES string of the molecule is CCC(C)NC(=NCC(=O)N(C)C)NCC(C)c1ncc(C)s1. The molecule has 0 spiro atoms. The van der Waals surface area contributed by atoms with Crippen LogP contribution in [0.1, 0.15) is 43.0 Å². The maximum absolute atomic E-state index is 11.7. The Balaban J connectivity index is 2.64. The van der Waals surface area contributed by atoms with Crippen molar-refractivity contribution in [2.45, 2.75) is 46.1 Å². The lowest BCUT2D eigenvalue weighted by atomic mass is 10.2. The number of aliphatic imine (C=N–C) groups is 1. The van der Waals surface area contributed by atoms with Crippen LogP contribution < -0.4 is 10.6 Å². The summed E-state index contributed by atoms with van der Waals surface area (Å²) in [4.78, 5) is 23.3. The number of aryl methyl sites for hydroxylation is 1. The number of thiazole rings is 1. The van der Waals surface area contributed by atoms with Gasteiger partial charge in [-0.05, 0) is 20.3 Å². The first-order valence-corrected chi connectivity index (χ1v) is 8.82. The van der Waals surface area contributed by atoms with Gasteiger partial charge in [-0.1, -0.05) is 13.8 Å². The fourth-order valence-electron chi connectivity index (χ4n) is 1.71. The van der Waals surface area contributed by atoms with Crippen LogP contribution in [0.2, 0.25) is 0 Å². The molecule has 2 unspecified atom stereocenters. The molecule has 0 fully saturated rings. The van der Waals surface area contributed by atoms with Crippen molar-refractivity contribution < 1.29 is 4.79 Å². The number of nitrogens with one attached hydrogen (secondary N) is 2. The van der Waals surface area contributed by atoms with Gasteiger partial charge < -0.3 is 15.5 Å². The molecule has 130 valence electrons. The summed E-state index contributed by atoms with van der Waals surface area (Å²) in [5, 5.41) is 7.76. The second-order valence-electron chi connectivity index (χ2n) is 6.00. The lowest BCUT2D eigenvalue weighted by Crippen LogP contribution is -2.44. The van der Waals surface area contributed by atoms with E-state index < -0.39 is 0 Å². The van der Waals surface area contributed by atoms with Gasteiger partial charge in [0.1, 0.15) is 6.54 Å². The zero-order valence-corrected chi connectivity index (χ0v) is 15.8. The number of aromatic nitrogens is 1. The van der Waals surface area contributed by atoms with Gasteiger partial charge in [0.15, 0.2) is 5.96 Å². The maximum Gasteiger partial charge on any atom is 0.243 e. The molecule has 0 aromatic carbocycles. The van der Waals surface area contributed by atoms with Crippen LogP contribution in [0.3, 0.4) is 0 Å². The summed E-state index contributed by atoms with van der Waals surface area (Å²) in [7, 11) is 3.47. The zero-order chi connectivity index (χ0) is 17.4.